The van der Waals surface area contributed by atoms with Crippen LogP contribution < -0.4 is 0 Å². The van der Waals surface area contributed by atoms with Crippen LogP contribution in [0.15, 0.2) is 18.3 Å². The molecule has 2 heterocycles. The lowest BCUT2D eigenvalue weighted by Crippen LogP contribution is -2.41. The lowest BCUT2D eigenvalue weighted by atomic mass is 10.1. The molecule has 0 saturated carbocycles. The molecule has 0 N–H and O–H groups in total. The predicted molar refractivity (Wildman–Crippen MR) is 64.3 cm³/mol. The molecular formula is C13H17N3O. The van der Waals surface area contributed by atoms with Crippen molar-refractivity contribution >= 4 is 0 Å². The van der Waals surface area contributed by atoms with Crippen molar-refractivity contribution in [3.05, 3.63) is 29.6 Å². The van der Waals surface area contributed by atoms with E-state index >= 15 is 0 Å². The number of nitrogens with zero attached hydrogens (tertiary/aromatic N) is 3. The second kappa shape index (κ2) is 5.76. The summed E-state index contributed by atoms with van der Waals surface area (Å²) in [6.45, 7) is 5.57. The van der Waals surface area contributed by atoms with E-state index in [4.69, 9.17) is 10.00 Å². The second-order valence-electron chi connectivity index (χ2n) is 4.26. The summed E-state index contributed by atoms with van der Waals surface area (Å²) in [7, 11) is 0. The van der Waals surface area contributed by atoms with Crippen molar-refractivity contribution < 1.29 is 4.74 Å². The number of hydrogen-bond acceptors (Lipinski definition) is 4. The van der Waals surface area contributed by atoms with Crippen molar-refractivity contribution in [2.24, 2.45) is 0 Å². The van der Waals surface area contributed by atoms with Crippen molar-refractivity contribution in [2.75, 3.05) is 19.7 Å². The normalized spacial score (nSPS) is 21.1. The Morgan fingerprint density at radius 3 is 3.29 bits per heavy atom. The first-order chi connectivity index (χ1) is 8.33. The highest BCUT2D eigenvalue weighted by Gasteiger charge is 2.19. The first kappa shape index (κ1) is 12.0. The summed E-state index contributed by atoms with van der Waals surface area (Å²) in [6.07, 6.45) is 3.02. The minimum absolute atomic E-state index is 0.325. The highest BCUT2D eigenvalue weighted by Crippen LogP contribution is 2.13. The molecule has 0 aliphatic carbocycles. The lowest BCUT2D eigenvalue weighted by molar-refractivity contribution is -0.0325. The molecule has 1 atom stereocenters. The van der Waals surface area contributed by atoms with Crippen LogP contribution in [0.2, 0.25) is 0 Å². The van der Waals surface area contributed by atoms with Crippen LogP contribution >= 0.6 is 0 Å². The molecule has 1 aliphatic rings. The van der Waals surface area contributed by atoms with Crippen LogP contribution in [0.5, 0.6) is 0 Å². The van der Waals surface area contributed by atoms with Crippen LogP contribution in [-0.2, 0) is 11.3 Å². The zero-order valence-corrected chi connectivity index (χ0v) is 10.1. The third kappa shape index (κ3) is 3.02. The Kier molecular flexibility index (Phi) is 4.08. The van der Waals surface area contributed by atoms with Gasteiger partial charge in [0.25, 0.3) is 0 Å². The first-order valence-electron chi connectivity index (χ1n) is 6.01. The van der Waals surface area contributed by atoms with Gasteiger partial charge in [-0.3, -0.25) is 4.90 Å². The molecule has 0 radical (unpaired) electrons. The van der Waals surface area contributed by atoms with Crippen LogP contribution in [0.3, 0.4) is 0 Å². The molecule has 1 unspecified atom stereocenters. The number of morpholine rings is 1. The fraction of sp³-hybridized carbons (Fsp3) is 0.538. The van der Waals surface area contributed by atoms with E-state index in [2.05, 4.69) is 22.9 Å². The third-order valence-electron chi connectivity index (χ3n) is 3.07. The molecule has 1 aromatic rings. The maximum atomic E-state index is 8.99. The Bertz CT molecular complexity index is 413. The van der Waals surface area contributed by atoms with Gasteiger partial charge in [-0.15, -0.1) is 0 Å². The molecule has 17 heavy (non-hydrogen) atoms. The Labute approximate surface area is 102 Å². The van der Waals surface area contributed by atoms with Crippen LogP contribution in [0.4, 0.5) is 0 Å². The van der Waals surface area contributed by atoms with Crippen molar-refractivity contribution in [3.63, 3.8) is 0 Å². The van der Waals surface area contributed by atoms with E-state index in [1.54, 1.807) is 6.20 Å². The molecule has 1 fully saturated rings. The largest absolute Gasteiger partial charge is 0.376 e. The molecule has 90 valence electrons. The van der Waals surface area contributed by atoms with Crippen LogP contribution in [-0.4, -0.2) is 35.7 Å². The molecule has 1 aromatic heterocycles. The van der Waals surface area contributed by atoms with Gasteiger partial charge in [-0.05, 0) is 12.5 Å². The Morgan fingerprint density at radius 2 is 2.53 bits per heavy atom. The minimum Gasteiger partial charge on any atom is -0.376 e. The summed E-state index contributed by atoms with van der Waals surface area (Å²) in [4.78, 5) is 6.41. The van der Waals surface area contributed by atoms with E-state index in [1.165, 1.54) is 0 Å². The van der Waals surface area contributed by atoms with Crippen molar-refractivity contribution in [2.45, 2.75) is 26.0 Å². The van der Waals surface area contributed by atoms with Gasteiger partial charge in [0.05, 0.1) is 12.7 Å². The molecular weight excluding hydrogens is 214 g/mol. The number of hydrogen-bond donors (Lipinski definition) is 0. The van der Waals surface area contributed by atoms with E-state index in [1.807, 2.05) is 12.1 Å². The van der Waals surface area contributed by atoms with E-state index in [0.717, 1.165) is 38.2 Å². The number of rotatable bonds is 3. The Hall–Kier alpha value is -1.44. The molecule has 1 aliphatic heterocycles. The number of aromatic nitrogens is 1. The SMILES string of the molecule is CCC1CN(Cc2cccnc2C#N)CCO1. The van der Waals surface area contributed by atoms with Gasteiger partial charge in [0.1, 0.15) is 11.8 Å². The van der Waals surface area contributed by atoms with Gasteiger partial charge >= 0.3 is 0 Å². The summed E-state index contributed by atoms with van der Waals surface area (Å²) in [5.74, 6) is 0. The molecule has 0 spiro atoms. The van der Waals surface area contributed by atoms with Gasteiger partial charge in [-0.2, -0.15) is 5.26 Å². The molecule has 4 nitrogen and oxygen atoms in total. The third-order valence-corrected chi connectivity index (χ3v) is 3.07. The van der Waals surface area contributed by atoms with Crippen LogP contribution in [0.1, 0.15) is 24.6 Å². The van der Waals surface area contributed by atoms with Crippen molar-refractivity contribution in [1.82, 2.24) is 9.88 Å². The van der Waals surface area contributed by atoms with Gasteiger partial charge < -0.3 is 4.74 Å². The maximum Gasteiger partial charge on any atom is 0.144 e. The summed E-state index contributed by atoms with van der Waals surface area (Å²) in [5, 5.41) is 8.99. The van der Waals surface area contributed by atoms with E-state index in [-0.39, 0.29) is 0 Å². The highest BCUT2D eigenvalue weighted by molar-refractivity contribution is 5.30. The van der Waals surface area contributed by atoms with Gasteiger partial charge in [0.2, 0.25) is 0 Å². The number of nitriles is 1. The highest BCUT2D eigenvalue weighted by atomic mass is 16.5. The summed E-state index contributed by atoms with van der Waals surface area (Å²) in [6, 6.07) is 6.00. The smallest absolute Gasteiger partial charge is 0.144 e. The molecule has 0 aromatic carbocycles. The van der Waals surface area contributed by atoms with E-state index in [9.17, 15) is 0 Å². The van der Waals surface area contributed by atoms with Crippen molar-refractivity contribution in [3.8, 4) is 6.07 Å². The zero-order valence-electron chi connectivity index (χ0n) is 10.1. The average molecular weight is 231 g/mol. The minimum atomic E-state index is 0.325. The predicted octanol–water partition coefficient (Wildman–Crippen LogP) is 1.56. The fourth-order valence-corrected chi connectivity index (χ4v) is 2.08. The molecule has 0 amide bonds. The Morgan fingerprint density at radius 1 is 1.65 bits per heavy atom. The zero-order chi connectivity index (χ0) is 12.1. The average Bonchev–Trinajstić information content (AvgIpc) is 2.39. The molecule has 2 rings (SSSR count). The van der Waals surface area contributed by atoms with E-state index in [0.29, 0.717) is 11.8 Å². The number of ether oxygens (including phenoxy) is 1. The van der Waals surface area contributed by atoms with Crippen molar-refractivity contribution in [1.29, 1.82) is 5.26 Å². The molecule has 4 heteroatoms. The van der Waals surface area contributed by atoms with Crippen LogP contribution in [0, 0.1) is 11.3 Å². The van der Waals surface area contributed by atoms with Gasteiger partial charge in [0, 0.05) is 31.4 Å². The van der Waals surface area contributed by atoms with Gasteiger partial charge in [-0.25, -0.2) is 4.98 Å². The first-order valence-corrected chi connectivity index (χ1v) is 6.01. The summed E-state index contributed by atoms with van der Waals surface area (Å²) in [5.41, 5.74) is 1.54. The lowest BCUT2D eigenvalue weighted by Gasteiger charge is -2.32. The maximum absolute atomic E-state index is 8.99. The number of pyridine rings is 1. The van der Waals surface area contributed by atoms with E-state index < -0.39 is 0 Å². The topological polar surface area (TPSA) is 49.2 Å². The van der Waals surface area contributed by atoms with Crippen LogP contribution in [0.25, 0.3) is 0 Å². The van der Waals surface area contributed by atoms with Gasteiger partial charge in [-0.1, -0.05) is 13.0 Å². The second-order valence-corrected chi connectivity index (χ2v) is 4.26. The monoisotopic (exact) mass is 231 g/mol. The van der Waals surface area contributed by atoms with Gasteiger partial charge in [0.15, 0.2) is 0 Å². The quantitative estimate of drug-likeness (QED) is 0.792. The molecule has 1 saturated heterocycles. The summed E-state index contributed by atoms with van der Waals surface area (Å²) < 4.78 is 5.63. The standard InChI is InChI=1S/C13H17N3O/c1-2-12-10-16(6-7-17-12)9-11-4-3-5-15-13(11)8-14/h3-5,12H,2,6-7,9-10H2,1H3. The summed E-state index contributed by atoms with van der Waals surface area (Å²) >= 11 is 0. The Balaban J connectivity index is 2.03. The molecule has 0 bridgehead atoms. The fourth-order valence-electron chi connectivity index (χ4n) is 2.08.